The van der Waals surface area contributed by atoms with Gasteiger partial charge < -0.3 is 15.4 Å². The highest BCUT2D eigenvalue weighted by Crippen LogP contribution is 2.29. The number of benzene rings is 2. The Kier molecular flexibility index (Phi) is 6.21. The van der Waals surface area contributed by atoms with Crippen LogP contribution in [0.3, 0.4) is 0 Å². The lowest BCUT2D eigenvalue weighted by Crippen LogP contribution is -2.38. The molecular weight excluding hydrogens is 402 g/mol. The van der Waals surface area contributed by atoms with Crippen LogP contribution in [0.5, 0.6) is 11.5 Å². The highest BCUT2D eigenvalue weighted by atomic mass is 16.5. The second-order valence-electron chi connectivity index (χ2n) is 8.28. The van der Waals surface area contributed by atoms with E-state index in [2.05, 4.69) is 27.8 Å². The van der Waals surface area contributed by atoms with Gasteiger partial charge in [-0.2, -0.15) is 0 Å². The summed E-state index contributed by atoms with van der Waals surface area (Å²) < 4.78 is 5.98. The van der Waals surface area contributed by atoms with Gasteiger partial charge in [0.1, 0.15) is 17.2 Å². The summed E-state index contributed by atoms with van der Waals surface area (Å²) in [5.41, 5.74) is 5.62. The van der Waals surface area contributed by atoms with Crippen molar-refractivity contribution in [2.24, 2.45) is 0 Å². The van der Waals surface area contributed by atoms with E-state index in [9.17, 15) is 9.59 Å². The minimum absolute atomic E-state index is 0.0313. The molecule has 1 aliphatic rings. The van der Waals surface area contributed by atoms with Gasteiger partial charge in [0.25, 0.3) is 11.8 Å². The molecule has 6 nitrogen and oxygen atoms in total. The van der Waals surface area contributed by atoms with Crippen LogP contribution in [0, 0.1) is 13.8 Å². The molecule has 1 atom stereocenters. The van der Waals surface area contributed by atoms with Crippen molar-refractivity contribution in [3.63, 3.8) is 0 Å². The van der Waals surface area contributed by atoms with E-state index in [0.29, 0.717) is 22.8 Å². The van der Waals surface area contributed by atoms with Crippen molar-refractivity contribution in [1.29, 1.82) is 0 Å². The van der Waals surface area contributed by atoms with Gasteiger partial charge in [0.15, 0.2) is 0 Å². The number of pyridine rings is 1. The number of carbonyl (C=O) groups excluding carboxylic acids is 2. The van der Waals surface area contributed by atoms with Crippen molar-refractivity contribution in [2.45, 2.75) is 39.2 Å². The maximum absolute atomic E-state index is 12.8. The van der Waals surface area contributed by atoms with E-state index in [0.717, 1.165) is 30.4 Å². The molecule has 164 valence electrons. The summed E-state index contributed by atoms with van der Waals surface area (Å²) in [6.45, 7) is 4.01. The van der Waals surface area contributed by atoms with Crippen molar-refractivity contribution in [1.82, 2.24) is 15.6 Å². The van der Waals surface area contributed by atoms with Gasteiger partial charge in [0.05, 0.1) is 0 Å². The number of amides is 2. The fourth-order valence-corrected chi connectivity index (χ4v) is 4.16. The summed E-state index contributed by atoms with van der Waals surface area (Å²) in [4.78, 5) is 28.6. The predicted octanol–water partition coefficient (Wildman–Crippen LogP) is 4.14. The summed E-state index contributed by atoms with van der Waals surface area (Å²) >= 11 is 0. The largest absolute Gasteiger partial charge is 0.457 e. The van der Waals surface area contributed by atoms with Crippen molar-refractivity contribution in [3.05, 3.63) is 88.2 Å². The van der Waals surface area contributed by atoms with Crippen molar-refractivity contribution in [2.75, 3.05) is 7.05 Å². The number of ether oxygens (including phenoxy) is 1. The number of nitrogens with one attached hydrogen (secondary N) is 2. The zero-order chi connectivity index (χ0) is 22.7. The van der Waals surface area contributed by atoms with E-state index in [1.807, 2.05) is 38.1 Å². The number of fused-ring (bicyclic) bond motifs is 1. The van der Waals surface area contributed by atoms with Gasteiger partial charge in [-0.05, 0) is 74.6 Å². The van der Waals surface area contributed by atoms with Crippen LogP contribution in [0.4, 0.5) is 0 Å². The zero-order valence-electron chi connectivity index (χ0n) is 18.6. The lowest BCUT2D eigenvalue weighted by molar-refractivity contribution is 0.0931. The lowest BCUT2D eigenvalue weighted by Gasteiger charge is -2.26. The number of aromatic nitrogens is 1. The third-order valence-corrected chi connectivity index (χ3v) is 5.65. The molecule has 0 saturated carbocycles. The first-order valence-corrected chi connectivity index (χ1v) is 10.8. The van der Waals surface area contributed by atoms with E-state index in [-0.39, 0.29) is 17.9 Å². The first-order valence-electron chi connectivity index (χ1n) is 10.8. The van der Waals surface area contributed by atoms with Gasteiger partial charge in [0.2, 0.25) is 0 Å². The van der Waals surface area contributed by atoms with Crippen LogP contribution in [0.15, 0.2) is 54.7 Å². The van der Waals surface area contributed by atoms with Gasteiger partial charge in [-0.25, -0.2) is 0 Å². The third-order valence-electron chi connectivity index (χ3n) is 5.65. The smallest absolute Gasteiger partial charge is 0.269 e. The second kappa shape index (κ2) is 9.22. The van der Waals surface area contributed by atoms with E-state index in [4.69, 9.17) is 4.74 Å². The molecule has 1 heterocycles. The Balaban J connectivity index is 1.46. The van der Waals surface area contributed by atoms with Crippen LogP contribution in [0.1, 0.15) is 49.5 Å². The molecular formula is C26H27N3O3. The summed E-state index contributed by atoms with van der Waals surface area (Å²) in [6, 6.07) is 15.4. The number of nitrogens with zero attached hydrogens (tertiary/aromatic N) is 1. The average Bonchev–Trinajstić information content (AvgIpc) is 2.78. The first-order chi connectivity index (χ1) is 15.4. The number of rotatable bonds is 5. The Morgan fingerprint density at radius 1 is 0.938 bits per heavy atom. The molecule has 2 aromatic carbocycles. The molecule has 0 fully saturated rings. The van der Waals surface area contributed by atoms with Crippen molar-refractivity contribution in [3.8, 4) is 11.5 Å². The molecule has 2 amide bonds. The molecule has 1 aromatic heterocycles. The molecule has 0 radical (unpaired) electrons. The molecule has 0 bridgehead atoms. The van der Waals surface area contributed by atoms with E-state index in [1.54, 1.807) is 25.4 Å². The summed E-state index contributed by atoms with van der Waals surface area (Å²) in [7, 11) is 1.57. The Labute approximate surface area is 188 Å². The molecule has 3 aromatic rings. The highest BCUT2D eigenvalue weighted by Gasteiger charge is 2.21. The van der Waals surface area contributed by atoms with E-state index < -0.39 is 0 Å². The minimum Gasteiger partial charge on any atom is -0.457 e. The van der Waals surface area contributed by atoms with Gasteiger partial charge in [0, 0.05) is 30.9 Å². The molecule has 4 rings (SSSR count). The monoisotopic (exact) mass is 429 g/mol. The number of hydrogen-bond donors (Lipinski definition) is 2. The maximum Gasteiger partial charge on any atom is 0.269 e. The Morgan fingerprint density at radius 2 is 1.69 bits per heavy atom. The van der Waals surface area contributed by atoms with Crippen LogP contribution in [0.2, 0.25) is 0 Å². The van der Waals surface area contributed by atoms with Crippen molar-refractivity contribution < 1.29 is 14.3 Å². The average molecular weight is 430 g/mol. The molecule has 0 spiro atoms. The van der Waals surface area contributed by atoms with Gasteiger partial charge >= 0.3 is 0 Å². The number of hydrogen-bond acceptors (Lipinski definition) is 4. The molecule has 6 heteroatoms. The predicted molar refractivity (Wildman–Crippen MR) is 123 cm³/mol. The van der Waals surface area contributed by atoms with Gasteiger partial charge in [-0.15, -0.1) is 0 Å². The van der Waals surface area contributed by atoms with Crippen LogP contribution < -0.4 is 15.4 Å². The van der Waals surface area contributed by atoms with Crippen molar-refractivity contribution >= 4 is 11.8 Å². The Morgan fingerprint density at radius 3 is 2.44 bits per heavy atom. The molecule has 0 aliphatic heterocycles. The quantitative estimate of drug-likeness (QED) is 0.639. The summed E-state index contributed by atoms with van der Waals surface area (Å²) in [6.07, 6.45) is 4.12. The fraction of sp³-hybridized carbons (Fsp3) is 0.269. The highest BCUT2D eigenvalue weighted by molar-refractivity contribution is 5.94. The van der Waals surface area contributed by atoms with Crippen LogP contribution in [0.25, 0.3) is 0 Å². The number of carbonyl (C=O) groups is 2. The SMILES string of the molecule is CNC(=O)c1cc(Oc2ccc3c(c2)CC(NC(=O)c2cc(C)cc(C)c2)CC3)ccn1. The Bertz CT molecular complexity index is 1150. The van der Waals surface area contributed by atoms with Gasteiger partial charge in [-0.1, -0.05) is 23.3 Å². The number of aryl methyl sites for hydroxylation is 3. The molecule has 1 aliphatic carbocycles. The molecule has 32 heavy (non-hydrogen) atoms. The summed E-state index contributed by atoms with van der Waals surface area (Å²) in [5.74, 6) is 0.951. The maximum atomic E-state index is 12.8. The lowest BCUT2D eigenvalue weighted by atomic mass is 9.88. The zero-order valence-corrected chi connectivity index (χ0v) is 18.6. The second-order valence-corrected chi connectivity index (χ2v) is 8.28. The van der Waals surface area contributed by atoms with Crippen LogP contribution in [-0.4, -0.2) is 29.9 Å². The fourth-order valence-electron chi connectivity index (χ4n) is 4.16. The molecule has 2 N–H and O–H groups in total. The molecule has 0 saturated heterocycles. The van der Waals surface area contributed by atoms with E-state index >= 15 is 0 Å². The molecule has 1 unspecified atom stereocenters. The van der Waals surface area contributed by atoms with Crippen LogP contribution >= 0.6 is 0 Å². The third kappa shape index (κ3) is 4.97. The van der Waals surface area contributed by atoms with E-state index in [1.165, 1.54) is 11.1 Å². The first kappa shape index (κ1) is 21.6. The normalized spacial score (nSPS) is 14.9. The Hall–Kier alpha value is -3.67. The standard InChI is InChI=1S/C26H27N3O3/c1-16-10-17(2)12-20(11-16)25(30)29-21-6-4-18-5-7-22(14-19(18)13-21)32-23-8-9-28-24(15-23)26(31)27-3/h5,7-12,14-15,21H,4,6,13H2,1-3H3,(H,27,31)(H,29,30). The van der Waals surface area contributed by atoms with Crippen LogP contribution in [-0.2, 0) is 12.8 Å². The minimum atomic E-state index is -0.261. The topological polar surface area (TPSA) is 80.3 Å². The van der Waals surface area contributed by atoms with Gasteiger partial charge in [-0.3, -0.25) is 14.6 Å². The summed E-state index contributed by atoms with van der Waals surface area (Å²) in [5, 5.41) is 5.75.